The van der Waals surface area contributed by atoms with Gasteiger partial charge in [0, 0.05) is 6.54 Å². The van der Waals surface area contributed by atoms with Crippen LogP contribution in [0.2, 0.25) is 0 Å². The summed E-state index contributed by atoms with van der Waals surface area (Å²) in [4.78, 5) is 11.5. The highest BCUT2D eigenvalue weighted by atomic mass is 127. The summed E-state index contributed by atoms with van der Waals surface area (Å²) < 4.78 is 66.1. The highest BCUT2D eigenvalue weighted by Gasteiger charge is 2.29. The lowest BCUT2D eigenvalue weighted by Crippen LogP contribution is -2.28. The number of unbranched alkanes of at least 4 members (excludes halogenated alkanes) is 2. The minimum Gasteiger partial charge on any atom is -0.352 e. The van der Waals surface area contributed by atoms with Gasteiger partial charge in [-0.1, -0.05) is 29.0 Å². The standard InChI is InChI=1S/C12H11F5INO/c13-7-6(8(14)10(16)11(17)9(7)15)12(20)19-5-3-1-2-4-18/h1-5H2,(H,19,20). The van der Waals surface area contributed by atoms with E-state index in [1.54, 1.807) is 0 Å². The summed E-state index contributed by atoms with van der Waals surface area (Å²) in [6.45, 7) is 0.106. The van der Waals surface area contributed by atoms with Crippen LogP contribution in [-0.2, 0) is 0 Å². The molecule has 1 amide bonds. The maximum Gasteiger partial charge on any atom is 0.257 e. The molecular formula is C12H11F5INO. The van der Waals surface area contributed by atoms with Gasteiger partial charge in [-0.3, -0.25) is 4.79 Å². The Labute approximate surface area is 125 Å². The number of nitrogens with one attached hydrogen (secondary N) is 1. The molecule has 8 heteroatoms. The highest BCUT2D eigenvalue weighted by molar-refractivity contribution is 14.1. The predicted octanol–water partition coefficient (Wildman–Crippen LogP) is 3.72. The third-order valence-electron chi connectivity index (χ3n) is 2.53. The average Bonchev–Trinajstić information content (AvgIpc) is 2.43. The Morgan fingerprint density at radius 3 is 1.85 bits per heavy atom. The smallest absolute Gasteiger partial charge is 0.257 e. The van der Waals surface area contributed by atoms with Crippen molar-refractivity contribution in [3.63, 3.8) is 0 Å². The van der Waals surface area contributed by atoms with Gasteiger partial charge in [-0.15, -0.1) is 0 Å². The van der Waals surface area contributed by atoms with Crippen molar-refractivity contribution < 1.29 is 26.7 Å². The fourth-order valence-electron chi connectivity index (χ4n) is 1.49. The highest BCUT2D eigenvalue weighted by Crippen LogP contribution is 2.22. The molecule has 0 aliphatic carbocycles. The number of rotatable bonds is 6. The molecule has 1 aromatic carbocycles. The van der Waals surface area contributed by atoms with E-state index in [4.69, 9.17) is 0 Å². The van der Waals surface area contributed by atoms with Gasteiger partial charge < -0.3 is 5.32 Å². The van der Waals surface area contributed by atoms with E-state index in [0.717, 1.165) is 17.3 Å². The Morgan fingerprint density at radius 2 is 1.35 bits per heavy atom. The van der Waals surface area contributed by atoms with E-state index in [1.807, 2.05) is 0 Å². The summed E-state index contributed by atoms with van der Waals surface area (Å²) in [6.07, 6.45) is 2.27. The van der Waals surface area contributed by atoms with Gasteiger partial charge in [0.05, 0.1) is 0 Å². The molecule has 2 nitrogen and oxygen atoms in total. The van der Waals surface area contributed by atoms with Gasteiger partial charge in [0.2, 0.25) is 5.82 Å². The first-order valence-corrected chi connectivity index (χ1v) is 7.30. The van der Waals surface area contributed by atoms with Gasteiger partial charge in [0.25, 0.3) is 5.91 Å². The first-order chi connectivity index (χ1) is 9.41. The van der Waals surface area contributed by atoms with Crippen LogP contribution in [0.3, 0.4) is 0 Å². The van der Waals surface area contributed by atoms with Crippen LogP contribution in [0.5, 0.6) is 0 Å². The maximum atomic E-state index is 13.3. The average molecular weight is 407 g/mol. The summed E-state index contributed by atoms with van der Waals surface area (Å²) in [5.74, 6) is -12.1. The minimum absolute atomic E-state index is 0.106. The second-order valence-electron chi connectivity index (χ2n) is 3.95. The van der Waals surface area contributed by atoms with Crippen molar-refractivity contribution in [3.05, 3.63) is 34.6 Å². The van der Waals surface area contributed by atoms with Crippen molar-refractivity contribution in [2.45, 2.75) is 19.3 Å². The van der Waals surface area contributed by atoms with E-state index in [9.17, 15) is 26.7 Å². The number of benzene rings is 1. The number of alkyl halides is 1. The Balaban J connectivity index is 2.83. The molecule has 0 heterocycles. The first-order valence-electron chi connectivity index (χ1n) is 5.77. The Bertz CT molecular complexity index is 480. The summed E-state index contributed by atoms with van der Waals surface area (Å²) in [7, 11) is 0. The minimum atomic E-state index is -2.28. The second-order valence-corrected chi connectivity index (χ2v) is 5.03. The molecule has 1 rings (SSSR count). The van der Waals surface area contributed by atoms with Crippen LogP contribution in [0.15, 0.2) is 0 Å². The molecule has 0 spiro atoms. The zero-order valence-electron chi connectivity index (χ0n) is 10.2. The number of hydrogen-bond donors (Lipinski definition) is 1. The van der Waals surface area contributed by atoms with Crippen LogP contribution in [0.1, 0.15) is 29.6 Å². The van der Waals surface area contributed by atoms with Crippen molar-refractivity contribution >= 4 is 28.5 Å². The molecule has 0 atom stereocenters. The van der Waals surface area contributed by atoms with Gasteiger partial charge in [0.15, 0.2) is 23.3 Å². The van der Waals surface area contributed by atoms with Crippen LogP contribution >= 0.6 is 22.6 Å². The van der Waals surface area contributed by atoms with E-state index in [1.165, 1.54) is 0 Å². The SMILES string of the molecule is O=C(NCCCCCI)c1c(F)c(F)c(F)c(F)c1F. The molecule has 1 N–H and O–H groups in total. The van der Waals surface area contributed by atoms with Gasteiger partial charge in [-0.05, 0) is 17.3 Å². The molecule has 112 valence electrons. The molecule has 0 saturated heterocycles. The zero-order valence-corrected chi connectivity index (χ0v) is 12.4. The van der Waals surface area contributed by atoms with Gasteiger partial charge in [-0.25, -0.2) is 22.0 Å². The lowest BCUT2D eigenvalue weighted by Gasteiger charge is -2.09. The lowest BCUT2D eigenvalue weighted by molar-refractivity contribution is 0.0941. The zero-order chi connectivity index (χ0) is 15.3. The van der Waals surface area contributed by atoms with E-state index in [0.29, 0.717) is 6.42 Å². The monoisotopic (exact) mass is 407 g/mol. The van der Waals surface area contributed by atoms with Crippen LogP contribution in [0, 0.1) is 29.1 Å². The number of carbonyl (C=O) groups is 1. The fourth-order valence-corrected chi connectivity index (χ4v) is 2.03. The molecule has 0 aliphatic heterocycles. The molecule has 0 saturated carbocycles. The quantitative estimate of drug-likeness (QED) is 0.191. The molecule has 0 bridgehead atoms. The Kier molecular flexibility index (Phi) is 6.63. The van der Waals surface area contributed by atoms with Crippen molar-refractivity contribution in [3.8, 4) is 0 Å². The van der Waals surface area contributed by atoms with E-state index in [-0.39, 0.29) is 6.54 Å². The summed E-state index contributed by atoms with van der Waals surface area (Å²) in [5, 5.41) is 2.14. The third kappa shape index (κ3) is 3.80. The molecule has 20 heavy (non-hydrogen) atoms. The second kappa shape index (κ2) is 7.75. The van der Waals surface area contributed by atoms with Gasteiger partial charge in [-0.2, -0.15) is 0 Å². The Hall–Kier alpha value is -0.930. The van der Waals surface area contributed by atoms with Crippen molar-refractivity contribution in [1.82, 2.24) is 5.32 Å². The van der Waals surface area contributed by atoms with Crippen LogP contribution in [-0.4, -0.2) is 16.9 Å². The van der Waals surface area contributed by atoms with Gasteiger partial charge >= 0.3 is 0 Å². The molecule has 1 aromatic rings. The summed E-state index contributed by atoms with van der Waals surface area (Å²) >= 11 is 2.18. The van der Waals surface area contributed by atoms with Crippen LogP contribution in [0.4, 0.5) is 22.0 Å². The molecule has 0 aliphatic rings. The van der Waals surface area contributed by atoms with E-state index < -0.39 is 40.6 Å². The number of hydrogen-bond acceptors (Lipinski definition) is 1. The van der Waals surface area contributed by atoms with Gasteiger partial charge in [0.1, 0.15) is 5.56 Å². The Morgan fingerprint density at radius 1 is 0.850 bits per heavy atom. The predicted molar refractivity (Wildman–Crippen MR) is 71.3 cm³/mol. The molecule has 0 radical (unpaired) electrons. The normalized spacial score (nSPS) is 10.7. The van der Waals surface area contributed by atoms with Crippen LogP contribution in [0.25, 0.3) is 0 Å². The largest absolute Gasteiger partial charge is 0.352 e. The molecule has 0 aromatic heterocycles. The number of amides is 1. The summed E-state index contributed by atoms with van der Waals surface area (Å²) in [5.41, 5.74) is -1.45. The van der Waals surface area contributed by atoms with Crippen LogP contribution < -0.4 is 5.32 Å². The topological polar surface area (TPSA) is 29.1 Å². The molecular weight excluding hydrogens is 396 g/mol. The summed E-state index contributed by atoms with van der Waals surface area (Å²) in [6, 6.07) is 0. The number of carbonyl (C=O) groups excluding carboxylic acids is 1. The maximum absolute atomic E-state index is 13.3. The molecule has 0 fully saturated rings. The first kappa shape index (κ1) is 17.1. The third-order valence-corrected chi connectivity index (χ3v) is 3.30. The van der Waals surface area contributed by atoms with Crippen molar-refractivity contribution in [2.75, 3.05) is 11.0 Å². The lowest BCUT2D eigenvalue weighted by atomic mass is 10.1. The van der Waals surface area contributed by atoms with E-state index in [2.05, 4.69) is 27.9 Å². The van der Waals surface area contributed by atoms with E-state index >= 15 is 0 Å². The molecule has 0 unspecified atom stereocenters. The van der Waals surface area contributed by atoms with Crippen molar-refractivity contribution in [2.24, 2.45) is 0 Å². The van der Waals surface area contributed by atoms with Crippen molar-refractivity contribution in [1.29, 1.82) is 0 Å². The number of halogens is 6. The fraction of sp³-hybridized carbons (Fsp3) is 0.417.